The molecule has 2 aliphatic rings. The zero-order chi connectivity index (χ0) is 15.9. The quantitative estimate of drug-likeness (QED) is 0.914. The van der Waals surface area contributed by atoms with Gasteiger partial charge in [0, 0.05) is 13.0 Å². The van der Waals surface area contributed by atoms with E-state index in [4.69, 9.17) is 0 Å². The third-order valence-electron chi connectivity index (χ3n) is 5.48. The second-order valence-electron chi connectivity index (χ2n) is 7.10. The van der Waals surface area contributed by atoms with E-state index >= 15 is 0 Å². The van der Waals surface area contributed by atoms with E-state index in [2.05, 4.69) is 40.5 Å². The summed E-state index contributed by atoms with van der Waals surface area (Å²) < 4.78 is 0. The second-order valence-corrected chi connectivity index (χ2v) is 7.10. The molecular weight excluding hydrogens is 284 g/mol. The predicted octanol–water partition coefficient (Wildman–Crippen LogP) is 3.91. The van der Waals surface area contributed by atoms with Crippen LogP contribution in [0.15, 0.2) is 30.3 Å². The van der Waals surface area contributed by atoms with Crippen molar-refractivity contribution in [1.82, 2.24) is 10.2 Å². The fraction of sp³-hybridized carbons (Fsp3) is 0.650. The SMILES string of the molecule is O=C(CCC1CCNCC1)N1CCCCCC1c1ccccc1. The van der Waals surface area contributed by atoms with Crippen LogP contribution < -0.4 is 5.32 Å². The first-order valence-corrected chi connectivity index (χ1v) is 9.40. The highest BCUT2D eigenvalue weighted by Gasteiger charge is 2.27. The van der Waals surface area contributed by atoms with Gasteiger partial charge in [0.05, 0.1) is 6.04 Å². The maximum atomic E-state index is 12.9. The van der Waals surface area contributed by atoms with Crippen LogP contribution in [-0.4, -0.2) is 30.4 Å². The number of nitrogens with one attached hydrogen (secondary N) is 1. The van der Waals surface area contributed by atoms with Gasteiger partial charge in [-0.15, -0.1) is 0 Å². The average molecular weight is 314 g/mol. The summed E-state index contributed by atoms with van der Waals surface area (Å²) in [5.41, 5.74) is 1.31. The molecule has 1 N–H and O–H groups in total. The van der Waals surface area contributed by atoms with E-state index < -0.39 is 0 Å². The number of benzene rings is 1. The monoisotopic (exact) mass is 314 g/mol. The molecule has 2 fully saturated rings. The molecule has 23 heavy (non-hydrogen) atoms. The van der Waals surface area contributed by atoms with Gasteiger partial charge in [-0.25, -0.2) is 0 Å². The second kappa shape index (κ2) is 8.49. The molecular formula is C20H30N2O. The molecule has 126 valence electrons. The minimum Gasteiger partial charge on any atom is -0.336 e. The van der Waals surface area contributed by atoms with Crippen LogP contribution in [0, 0.1) is 5.92 Å². The maximum absolute atomic E-state index is 12.9. The van der Waals surface area contributed by atoms with Gasteiger partial charge in [0.1, 0.15) is 0 Å². The first-order valence-electron chi connectivity index (χ1n) is 9.40. The number of hydrogen-bond acceptors (Lipinski definition) is 2. The Labute approximate surface area is 140 Å². The Balaban J connectivity index is 1.62. The van der Waals surface area contributed by atoms with Crippen LogP contribution in [0.3, 0.4) is 0 Å². The molecule has 2 heterocycles. The summed E-state index contributed by atoms with van der Waals surface area (Å²) in [4.78, 5) is 15.1. The molecule has 0 aliphatic carbocycles. The highest BCUT2D eigenvalue weighted by Crippen LogP contribution is 2.31. The van der Waals surface area contributed by atoms with Crippen molar-refractivity contribution in [3.8, 4) is 0 Å². The first kappa shape index (κ1) is 16.5. The summed E-state index contributed by atoms with van der Waals surface area (Å²) >= 11 is 0. The van der Waals surface area contributed by atoms with E-state index in [1.54, 1.807) is 0 Å². The summed E-state index contributed by atoms with van der Waals surface area (Å²) in [6.45, 7) is 3.18. The van der Waals surface area contributed by atoms with Gasteiger partial charge in [0.25, 0.3) is 0 Å². The van der Waals surface area contributed by atoms with Crippen LogP contribution in [0.1, 0.15) is 63.0 Å². The van der Waals surface area contributed by atoms with Gasteiger partial charge >= 0.3 is 0 Å². The Bertz CT molecular complexity index is 482. The molecule has 3 heteroatoms. The highest BCUT2D eigenvalue weighted by molar-refractivity contribution is 5.76. The van der Waals surface area contributed by atoms with Gasteiger partial charge in [-0.05, 0) is 56.7 Å². The summed E-state index contributed by atoms with van der Waals surface area (Å²) in [6.07, 6.45) is 9.02. The minimum absolute atomic E-state index is 0.291. The van der Waals surface area contributed by atoms with Gasteiger partial charge in [0.15, 0.2) is 0 Å². The van der Waals surface area contributed by atoms with Gasteiger partial charge in [0.2, 0.25) is 5.91 Å². The van der Waals surface area contributed by atoms with Crippen molar-refractivity contribution in [2.24, 2.45) is 5.92 Å². The molecule has 1 amide bonds. The summed E-state index contributed by atoms with van der Waals surface area (Å²) in [7, 11) is 0. The zero-order valence-electron chi connectivity index (χ0n) is 14.2. The van der Waals surface area contributed by atoms with Gasteiger partial charge < -0.3 is 10.2 Å². The Morgan fingerprint density at radius 2 is 1.83 bits per heavy atom. The Kier molecular flexibility index (Phi) is 6.09. The van der Waals surface area contributed by atoms with Crippen molar-refractivity contribution >= 4 is 5.91 Å². The summed E-state index contributed by atoms with van der Waals surface area (Å²) in [6, 6.07) is 10.9. The lowest BCUT2D eigenvalue weighted by molar-refractivity contribution is -0.134. The van der Waals surface area contributed by atoms with Crippen molar-refractivity contribution in [2.45, 2.75) is 57.4 Å². The fourth-order valence-corrected chi connectivity index (χ4v) is 4.07. The zero-order valence-corrected chi connectivity index (χ0v) is 14.2. The molecule has 1 unspecified atom stereocenters. The molecule has 1 aromatic carbocycles. The Morgan fingerprint density at radius 1 is 1.04 bits per heavy atom. The van der Waals surface area contributed by atoms with Crippen molar-refractivity contribution in [3.63, 3.8) is 0 Å². The van der Waals surface area contributed by atoms with Crippen LogP contribution in [-0.2, 0) is 4.79 Å². The number of carbonyl (C=O) groups is 1. The number of piperidine rings is 1. The number of amides is 1. The van der Waals surface area contributed by atoms with Crippen LogP contribution in [0.2, 0.25) is 0 Å². The van der Waals surface area contributed by atoms with E-state index in [1.807, 2.05) is 0 Å². The van der Waals surface area contributed by atoms with E-state index in [0.29, 0.717) is 11.9 Å². The molecule has 1 atom stereocenters. The van der Waals surface area contributed by atoms with Crippen molar-refractivity contribution in [1.29, 1.82) is 0 Å². The van der Waals surface area contributed by atoms with Crippen LogP contribution in [0.5, 0.6) is 0 Å². The Hall–Kier alpha value is -1.35. The summed E-state index contributed by atoms with van der Waals surface area (Å²) in [5.74, 6) is 1.11. The lowest BCUT2D eigenvalue weighted by Crippen LogP contribution is -2.35. The molecule has 2 saturated heterocycles. The third-order valence-corrected chi connectivity index (χ3v) is 5.48. The standard InChI is InChI=1S/C20H30N2O/c23-20(11-10-17-12-14-21-15-13-17)22-16-6-2-5-9-19(22)18-7-3-1-4-8-18/h1,3-4,7-8,17,19,21H,2,5-6,9-16H2. The molecule has 0 saturated carbocycles. The van der Waals surface area contributed by atoms with E-state index in [1.165, 1.54) is 31.2 Å². The summed E-state index contributed by atoms with van der Waals surface area (Å²) in [5, 5.41) is 3.41. The molecule has 3 rings (SSSR count). The molecule has 0 aromatic heterocycles. The molecule has 0 spiro atoms. The minimum atomic E-state index is 0.291. The normalized spacial score (nSPS) is 23.5. The first-order chi connectivity index (χ1) is 11.3. The fourth-order valence-electron chi connectivity index (χ4n) is 4.07. The largest absolute Gasteiger partial charge is 0.336 e. The third kappa shape index (κ3) is 4.57. The van der Waals surface area contributed by atoms with Crippen LogP contribution >= 0.6 is 0 Å². The highest BCUT2D eigenvalue weighted by atomic mass is 16.2. The van der Waals surface area contributed by atoms with Crippen molar-refractivity contribution in [3.05, 3.63) is 35.9 Å². The van der Waals surface area contributed by atoms with E-state index in [0.717, 1.165) is 51.2 Å². The van der Waals surface area contributed by atoms with E-state index in [-0.39, 0.29) is 0 Å². The van der Waals surface area contributed by atoms with Crippen LogP contribution in [0.25, 0.3) is 0 Å². The lowest BCUT2D eigenvalue weighted by Gasteiger charge is -2.31. The van der Waals surface area contributed by atoms with Crippen LogP contribution in [0.4, 0.5) is 0 Å². The molecule has 0 bridgehead atoms. The molecule has 2 aliphatic heterocycles. The van der Waals surface area contributed by atoms with Gasteiger partial charge in [-0.2, -0.15) is 0 Å². The number of carbonyl (C=O) groups excluding carboxylic acids is 1. The smallest absolute Gasteiger partial charge is 0.223 e. The number of rotatable bonds is 4. The average Bonchev–Trinajstić information content (AvgIpc) is 2.87. The van der Waals surface area contributed by atoms with E-state index in [9.17, 15) is 4.79 Å². The predicted molar refractivity (Wildman–Crippen MR) is 94.2 cm³/mol. The number of likely N-dealkylation sites (tertiary alicyclic amines) is 1. The topological polar surface area (TPSA) is 32.3 Å². The van der Waals surface area contributed by atoms with Gasteiger partial charge in [-0.3, -0.25) is 4.79 Å². The lowest BCUT2D eigenvalue weighted by atomic mass is 9.92. The molecule has 1 aromatic rings. The maximum Gasteiger partial charge on any atom is 0.223 e. The van der Waals surface area contributed by atoms with Gasteiger partial charge in [-0.1, -0.05) is 43.2 Å². The number of hydrogen-bond donors (Lipinski definition) is 1. The Morgan fingerprint density at radius 3 is 2.61 bits per heavy atom. The molecule has 3 nitrogen and oxygen atoms in total. The van der Waals surface area contributed by atoms with Crippen molar-refractivity contribution < 1.29 is 4.79 Å². The molecule has 0 radical (unpaired) electrons. The van der Waals surface area contributed by atoms with Crippen molar-refractivity contribution in [2.75, 3.05) is 19.6 Å². The number of nitrogens with zero attached hydrogens (tertiary/aromatic N) is 1.